The Morgan fingerprint density at radius 1 is 1.33 bits per heavy atom. The van der Waals surface area contributed by atoms with Gasteiger partial charge in [-0.1, -0.05) is 0 Å². The molecule has 0 unspecified atom stereocenters. The SMILES string of the molecule is Cc1ccc(CN2CCC[C@H]3CNC[C@H]32)s1.Cl.Cl. The summed E-state index contributed by atoms with van der Waals surface area (Å²) in [6.07, 6.45) is 2.81. The van der Waals surface area contributed by atoms with E-state index in [0.29, 0.717) is 0 Å². The molecule has 0 spiro atoms. The molecule has 1 N–H and O–H groups in total. The van der Waals surface area contributed by atoms with Gasteiger partial charge < -0.3 is 5.32 Å². The normalized spacial score (nSPS) is 27.2. The summed E-state index contributed by atoms with van der Waals surface area (Å²) in [6, 6.07) is 5.34. The van der Waals surface area contributed by atoms with Crippen LogP contribution in [0.3, 0.4) is 0 Å². The predicted octanol–water partition coefficient (Wildman–Crippen LogP) is 3.08. The second-order valence-electron chi connectivity index (χ2n) is 5.11. The number of nitrogens with one attached hydrogen (secondary N) is 1. The van der Waals surface area contributed by atoms with Crippen molar-refractivity contribution in [1.29, 1.82) is 0 Å². The predicted molar refractivity (Wildman–Crippen MR) is 83.3 cm³/mol. The van der Waals surface area contributed by atoms with Crippen molar-refractivity contribution in [2.24, 2.45) is 5.92 Å². The van der Waals surface area contributed by atoms with Crippen LogP contribution in [0.1, 0.15) is 22.6 Å². The molecule has 0 aliphatic carbocycles. The maximum Gasteiger partial charge on any atom is 0.0331 e. The molecule has 2 aliphatic heterocycles. The van der Waals surface area contributed by atoms with Crippen LogP contribution in [-0.4, -0.2) is 30.6 Å². The molecule has 2 atom stereocenters. The molecule has 0 bridgehead atoms. The van der Waals surface area contributed by atoms with Crippen LogP contribution in [0.15, 0.2) is 12.1 Å². The van der Waals surface area contributed by atoms with Crippen LogP contribution in [0.25, 0.3) is 0 Å². The topological polar surface area (TPSA) is 15.3 Å². The first-order chi connectivity index (χ1) is 7.83. The molecule has 1 aromatic heterocycles. The first kappa shape index (κ1) is 16.3. The van der Waals surface area contributed by atoms with Crippen LogP contribution in [0.2, 0.25) is 0 Å². The molecule has 0 aromatic carbocycles. The van der Waals surface area contributed by atoms with Gasteiger partial charge in [0.05, 0.1) is 0 Å². The van der Waals surface area contributed by atoms with Crippen molar-refractivity contribution in [2.45, 2.75) is 32.4 Å². The summed E-state index contributed by atoms with van der Waals surface area (Å²) in [7, 11) is 0. The minimum absolute atomic E-state index is 0. The Morgan fingerprint density at radius 2 is 2.17 bits per heavy atom. The van der Waals surface area contributed by atoms with E-state index in [4.69, 9.17) is 0 Å². The van der Waals surface area contributed by atoms with Crippen molar-refractivity contribution in [3.05, 3.63) is 21.9 Å². The Hall–Kier alpha value is 0.200. The summed E-state index contributed by atoms with van der Waals surface area (Å²) < 4.78 is 0. The van der Waals surface area contributed by atoms with Gasteiger partial charge >= 0.3 is 0 Å². The van der Waals surface area contributed by atoms with E-state index in [1.54, 1.807) is 0 Å². The van der Waals surface area contributed by atoms with Gasteiger partial charge in [-0.3, -0.25) is 4.90 Å². The minimum Gasteiger partial charge on any atom is -0.315 e. The van der Waals surface area contributed by atoms with Crippen LogP contribution in [0.4, 0.5) is 0 Å². The number of hydrogen-bond acceptors (Lipinski definition) is 3. The maximum absolute atomic E-state index is 3.55. The van der Waals surface area contributed by atoms with Crippen LogP contribution in [0.5, 0.6) is 0 Å². The van der Waals surface area contributed by atoms with Gasteiger partial charge in [0.1, 0.15) is 0 Å². The van der Waals surface area contributed by atoms with E-state index in [9.17, 15) is 0 Å². The maximum atomic E-state index is 3.55. The zero-order valence-corrected chi connectivity index (χ0v) is 13.2. The van der Waals surface area contributed by atoms with E-state index in [0.717, 1.165) is 12.0 Å². The van der Waals surface area contributed by atoms with Crippen LogP contribution in [0, 0.1) is 12.8 Å². The van der Waals surface area contributed by atoms with E-state index in [2.05, 4.69) is 29.3 Å². The zero-order valence-electron chi connectivity index (χ0n) is 10.7. The molecule has 2 aliphatic rings. The van der Waals surface area contributed by atoms with Crippen molar-refractivity contribution in [1.82, 2.24) is 10.2 Å². The third-order valence-electron chi connectivity index (χ3n) is 3.95. The fourth-order valence-electron chi connectivity index (χ4n) is 3.13. The van der Waals surface area contributed by atoms with Gasteiger partial charge in [-0.15, -0.1) is 36.2 Å². The summed E-state index contributed by atoms with van der Waals surface area (Å²) in [5.41, 5.74) is 0. The number of rotatable bonds is 2. The summed E-state index contributed by atoms with van der Waals surface area (Å²) >= 11 is 1.95. The molecule has 1 aromatic rings. The third-order valence-corrected chi connectivity index (χ3v) is 4.93. The number of aryl methyl sites for hydroxylation is 1. The van der Waals surface area contributed by atoms with Crippen molar-refractivity contribution in [3.63, 3.8) is 0 Å². The number of halogens is 2. The second kappa shape index (κ2) is 7.11. The summed E-state index contributed by atoms with van der Waals surface area (Å²) in [6.45, 7) is 7.10. The number of likely N-dealkylation sites (tertiary alicyclic amines) is 1. The van der Waals surface area contributed by atoms with Gasteiger partial charge in [0.25, 0.3) is 0 Å². The lowest BCUT2D eigenvalue weighted by Crippen LogP contribution is -2.44. The molecule has 2 nitrogen and oxygen atoms in total. The molecule has 18 heavy (non-hydrogen) atoms. The molecule has 0 radical (unpaired) electrons. The standard InChI is InChI=1S/C13H20N2S.2ClH/c1-10-4-5-12(16-10)9-15-6-2-3-11-7-14-8-13(11)15;;/h4-5,11,13-14H,2-3,6-9H2,1H3;2*1H/t11-,13+;;/m0../s1. The molecule has 104 valence electrons. The second-order valence-corrected chi connectivity index (χ2v) is 6.48. The average molecular weight is 309 g/mol. The van der Waals surface area contributed by atoms with Gasteiger partial charge in [0.2, 0.25) is 0 Å². The van der Waals surface area contributed by atoms with Gasteiger partial charge in [-0.2, -0.15) is 0 Å². The van der Waals surface area contributed by atoms with Crippen molar-refractivity contribution in [2.75, 3.05) is 19.6 Å². The van der Waals surface area contributed by atoms with Crippen LogP contribution < -0.4 is 5.32 Å². The largest absolute Gasteiger partial charge is 0.315 e. The van der Waals surface area contributed by atoms with Gasteiger partial charge in [0, 0.05) is 28.9 Å². The smallest absolute Gasteiger partial charge is 0.0331 e. The average Bonchev–Trinajstić information content (AvgIpc) is 2.87. The number of hydrogen-bond donors (Lipinski definition) is 1. The van der Waals surface area contributed by atoms with E-state index < -0.39 is 0 Å². The quantitative estimate of drug-likeness (QED) is 0.903. The molecule has 3 heterocycles. The van der Waals surface area contributed by atoms with Crippen LogP contribution >= 0.6 is 36.2 Å². The molecule has 0 amide bonds. The van der Waals surface area contributed by atoms with E-state index >= 15 is 0 Å². The minimum atomic E-state index is 0. The Bertz CT molecular complexity index is 370. The Morgan fingerprint density at radius 3 is 2.89 bits per heavy atom. The van der Waals surface area contributed by atoms with Crippen molar-refractivity contribution in [3.8, 4) is 0 Å². The van der Waals surface area contributed by atoms with Gasteiger partial charge in [-0.25, -0.2) is 0 Å². The van der Waals surface area contributed by atoms with Gasteiger partial charge in [0.15, 0.2) is 0 Å². The van der Waals surface area contributed by atoms with Gasteiger partial charge in [-0.05, 0) is 50.9 Å². The number of nitrogens with zero attached hydrogens (tertiary/aromatic N) is 1. The number of piperidine rings is 1. The Balaban J connectivity index is 0.000000810. The van der Waals surface area contributed by atoms with Crippen molar-refractivity contribution >= 4 is 36.2 Å². The zero-order chi connectivity index (χ0) is 11.0. The highest BCUT2D eigenvalue weighted by Gasteiger charge is 2.34. The lowest BCUT2D eigenvalue weighted by atomic mass is 9.92. The molecule has 5 heteroatoms. The highest BCUT2D eigenvalue weighted by atomic mass is 35.5. The Kier molecular flexibility index (Phi) is 6.42. The first-order valence-corrected chi connectivity index (χ1v) is 7.14. The third kappa shape index (κ3) is 3.40. The monoisotopic (exact) mass is 308 g/mol. The van der Waals surface area contributed by atoms with E-state index in [-0.39, 0.29) is 24.8 Å². The summed E-state index contributed by atoms with van der Waals surface area (Å²) in [5.74, 6) is 0.912. The summed E-state index contributed by atoms with van der Waals surface area (Å²) in [5, 5.41) is 3.55. The molecule has 0 saturated carbocycles. The van der Waals surface area contributed by atoms with E-state index in [1.165, 1.54) is 48.8 Å². The lowest BCUT2D eigenvalue weighted by molar-refractivity contribution is 0.119. The van der Waals surface area contributed by atoms with Crippen LogP contribution in [-0.2, 0) is 6.54 Å². The molecule has 2 saturated heterocycles. The highest BCUT2D eigenvalue weighted by Crippen LogP contribution is 2.28. The van der Waals surface area contributed by atoms with E-state index in [1.807, 2.05) is 11.3 Å². The highest BCUT2D eigenvalue weighted by molar-refractivity contribution is 7.11. The Labute approximate surface area is 126 Å². The molecule has 3 rings (SSSR count). The molecule has 2 fully saturated rings. The van der Waals surface area contributed by atoms with Crippen molar-refractivity contribution < 1.29 is 0 Å². The summed E-state index contributed by atoms with van der Waals surface area (Å²) in [4.78, 5) is 5.66. The number of fused-ring (bicyclic) bond motifs is 1. The fraction of sp³-hybridized carbons (Fsp3) is 0.692. The first-order valence-electron chi connectivity index (χ1n) is 6.33. The lowest BCUT2D eigenvalue weighted by Gasteiger charge is -2.36. The fourth-order valence-corrected chi connectivity index (χ4v) is 4.05. The number of thiophene rings is 1. The molecular formula is C13H22Cl2N2S. The molecular weight excluding hydrogens is 287 g/mol.